The molecule has 0 aliphatic carbocycles. The van der Waals surface area contributed by atoms with Gasteiger partial charge in [0, 0.05) is 11.6 Å². The quantitative estimate of drug-likeness (QED) is 0.572. The molecule has 1 heterocycles. The second kappa shape index (κ2) is 6.63. The average Bonchev–Trinajstić information content (AvgIpc) is 2.61. The van der Waals surface area contributed by atoms with Crippen LogP contribution in [0.1, 0.15) is 5.56 Å². The molecule has 2 N–H and O–H groups in total. The molecule has 0 saturated carbocycles. The van der Waals surface area contributed by atoms with Gasteiger partial charge in [-0.2, -0.15) is 5.26 Å². The number of pyridine rings is 1. The van der Waals surface area contributed by atoms with Crippen molar-refractivity contribution >= 4 is 28.6 Å². The van der Waals surface area contributed by atoms with Gasteiger partial charge in [0.1, 0.15) is 17.4 Å². The molecule has 1 aromatic heterocycles. The maximum absolute atomic E-state index is 12.4. The Balaban J connectivity index is 1.89. The number of rotatable bonds is 3. The van der Waals surface area contributed by atoms with E-state index in [1.807, 2.05) is 18.2 Å². The number of aromatic nitrogens is 1. The summed E-state index contributed by atoms with van der Waals surface area (Å²) in [7, 11) is 0. The van der Waals surface area contributed by atoms with Crippen LogP contribution in [-0.2, 0) is 4.79 Å². The first-order chi connectivity index (χ1) is 11.7. The predicted octanol–water partition coefficient (Wildman–Crippen LogP) is 3.49. The molecule has 0 unspecified atom stereocenters. The molecule has 3 rings (SSSR count). The van der Waals surface area contributed by atoms with E-state index in [0.717, 1.165) is 10.9 Å². The number of aromatic hydroxyl groups is 1. The predicted molar refractivity (Wildman–Crippen MR) is 92.1 cm³/mol. The van der Waals surface area contributed by atoms with Crippen LogP contribution in [0.5, 0.6) is 5.75 Å². The van der Waals surface area contributed by atoms with Crippen LogP contribution in [0.2, 0.25) is 0 Å². The van der Waals surface area contributed by atoms with E-state index in [1.165, 1.54) is 18.2 Å². The van der Waals surface area contributed by atoms with E-state index in [1.54, 1.807) is 36.5 Å². The molecule has 0 aliphatic rings. The van der Waals surface area contributed by atoms with E-state index < -0.39 is 5.91 Å². The standard InChI is InChI=1S/C19H13N3O2/c20-12-14(11-13-6-8-15(23)9-7-13)19(24)22-18-5-1-4-17-16(18)3-2-10-21-17/h1-11,23H,(H,22,24). The van der Waals surface area contributed by atoms with Crippen LogP contribution < -0.4 is 5.32 Å². The number of nitrogens with one attached hydrogen (secondary N) is 1. The van der Waals surface area contributed by atoms with E-state index in [2.05, 4.69) is 10.3 Å². The Bertz CT molecular complexity index is 965. The third-order valence-electron chi connectivity index (χ3n) is 3.46. The number of carbonyl (C=O) groups is 1. The lowest BCUT2D eigenvalue weighted by Gasteiger charge is -2.07. The fourth-order valence-corrected chi connectivity index (χ4v) is 2.29. The van der Waals surface area contributed by atoms with E-state index >= 15 is 0 Å². The highest BCUT2D eigenvalue weighted by Crippen LogP contribution is 2.22. The molecule has 1 amide bonds. The largest absolute Gasteiger partial charge is 0.508 e. The highest BCUT2D eigenvalue weighted by atomic mass is 16.3. The number of hydrogen-bond donors (Lipinski definition) is 2. The SMILES string of the molecule is N#CC(=Cc1ccc(O)cc1)C(=O)Nc1cccc2ncccc12. The number of nitriles is 1. The molecule has 0 spiro atoms. The van der Waals surface area contributed by atoms with Crippen molar-refractivity contribution in [3.8, 4) is 11.8 Å². The molecular weight excluding hydrogens is 302 g/mol. The first kappa shape index (κ1) is 15.3. The Morgan fingerprint density at radius 2 is 1.92 bits per heavy atom. The van der Waals surface area contributed by atoms with Gasteiger partial charge in [-0.1, -0.05) is 18.2 Å². The Hall–Kier alpha value is -3.65. The molecule has 5 nitrogen and oxygen atoms in total. The zero-order chi connectivity index (χ0) is 16.9. The van der Waals surface area contributed by atoms with Crippen molar-refractivity contribution in [1.82, 2.24) is 4.98 Å². The molecule has 24 heavy (non-hydrogen) atoms. The van der Waals surface area contributed by atoms with E-state index in [9.17, 15) is 15.2 Å². The number of carbonyl (C=O) groups excluding carboxylic acids is 1. The Kier molecular flexibility index (Phi) is 4.21. The molecular formula is C19H13N3O2. The third-order valence-corrected chi connectivity index (χ3v) is 3.46. The number of nitrogens with zero attached hydrogens (tertiary/aromatic N) is 2. The van der Waals surface area contributed by atoms with E-state index in [-0.39, 0.29) is 11.3 Å². The van der Waals surface area contributed by atoms with Gasteiger partial charge in [0.05, 0.1) is 11.2 Å². The maximum Gasteiger partial charge on any atom is 0.266 e. The Labute approximate surface area is 138 Å². The van der Waals surface area contributed by atoms with E-state index in [4.69, 9.17) is 0 Å². The highest BCUT2D eigenvalue weighted by molar-refractivity contribution is 6.12. The molecule has 0 bridgehead atoms. The normalized spacial score (nSPS) is 11.0. The van der Waals surface area contributed by atoms with Crippen LogP contribution in [0.15, 0.2) is 66.4 Å². The molecule has 0 radical (unpaired) electrons. The van der Waals surface area contributed by atoms with Gasteiger partial charge in [-0.25, -0.2) is 0 Å². The lowest BCUT2D eigenvalue weighted by molar-refractivity contribution is -0.112. The van der Waals surface area contributed by atoms with Crippen molar-refractivity contribution in [3.05, 3.63) is 71.9 Å². The summed E-state index contributed by atoms with van der Waals surface area (Å²) in [6.45, 7) is 0. The summed E-state index contributed by atoms with van der Waals surface area (Å²) in [6.07, 6.45) is 3.15. The number of benzene rings is 2. The fraction of sp³-hybridized carbons (Fsp3) is 0. The van der Waals surface area contributed by atoms with Gasteiger partial charge in [-0.05, 0) is 48.0 Å². The second-order valence-corrected chi connectivity index (χ2v) is 5.09. The van der Waals surface area contributed by atoms with Gasteiger partial charge in [0.2, 0.25) is 0 Å². The molecule has 0 atom stereocenters. The van der Waals surface area contributed by atoms with Crippen LogP contribution >= 0.6 is 0 Å². The van der Waals surface area contributed by atoms with Crippen LogP contribution in [0, 0.1) is 11.3 Å². The minimum atomic E-state index is -0.498. The smallest absolute Gasteiger partial charge is 0.266 e. The topological polar surface area (TPSA) is 86.0 Å². The maximum atomic E-state index is 12.4. The minimum Gasteiger partial charge on any atom is -0.508 e. The van der Waals surface area contributed by atoms with Crippen molar-refractivity contribution in [1.29, 1.82) is 5.26 Å². The summed E-state index contributed by atoms with van der Waals surface area (Å²) < 4.78 is 0. The number of amides is 1. The summed E-state index contributed by atoms with van der Waals surface area (Å²) >= 11 is 0. The Morgan fingerprint density at radius 1 is 1.12 bits per heavy atom. The Morgan fingerprint density at radius 3 is 2.67 bits per heavy atom. The van der Waals surface area contributed by atoms with Crippen LogP contribution in [0.25, 0.3) is 17.0 Å². The molecule has 3 aromatic rings. The number of phenols is 1. The van der Waals surface area contributed by atoms with Crippen LogP contribution in [0.3, 0.4) is 0 Å². The van der Waals surface area contributed by atoms with Gasteiger partial charge >= 0.3 is 0 Å². The van der Waals surface area contributed by atoms with E-state index in [0.29, 0.717) is 11.3 Å². The zero-order valence-corrected chi connectivity index (χ0v) is 12.6. The molecule has 2 aromatic carbocycles. The van der Waals surface area contributed by atoms with Crippen LogP contribution in [-0.4, -0.2) is 16.0 Å². The fourth-order valence-electron chi connectivity index (χ4n) is 2.29. The minimum absolute atomic E-state index is 0.0263. The lowest BCUT2D eigenvalue weighted by Crippen LogP contribution is -2.13. The van der Waals surface area contributed by atoms with Crippen molar-refractivity contribution in [3.63, 3.8) is 0 Å². The molecule has 5 heteroatoms. The summed E-state index contributed by atoms with van der Waals surface area (Å²) in [5.41, 5.74) is 1.98. The molecule has 0 aliphatic heterocycles. The van der Waals surface area contributed by atoms with Crippen molar-refractivity contribution in [2.45, 2.75) is 0 Å². The van der Waals surface area contributed by atoms with Gasteiger partial charge in [0.15, 0.2) is 0 Å². The molecule has 0 saturated heterocycles. The van der Waals surface area contributed by atoms with Gasteiger partial charge < -0.3 is 10.4 Å². The van der Waals surface area contributed by atoms with Gasteiger partial charge in [0.25, 0.3) is 5.91 Å². The summed E-state index contributed by atoms with van der Waals surface area (Å²) in [6, 6.07) is 17.2. The first-order valence-electron chi connectivity index (χ1n) is 7.23. The molecule has 0 fully saturated rings. The summed E-state index contributed by atoms with van der Waals surface area (Å²) in [5, 5.41) is 22.1. The van der Waals surface area contributed by atoms with Crippen LogP contribution in [0.4, 0.5) is 5.69 Å². The number of anilines is 1. The lowest BCUT2D eigenvalue weighted by atomic mass is 10.1. The number of phenolic OH excluding ortho intramolecular Hbond substituents is 1. The van der Waals surface area contributed by atoms with Gasteiger partial charge in [-0.15, -0.1) is 0 Å². The molecule has 116 valence electrons. The average molecular weight is 315 g/mol. The van der Waals surface area contributed by atoms with Crippen molar-refractivity contribution in [2.24, 2.45) is 0 Å². The third kappa shape index (κ3) is 3.23. The summed E-state index contributed by atoms with van der Waals surface area (Å²) in [5.74, 6) is -0.375. The zero-order valence-electron chi connectivity index (χ0n) is 12.6. The second-order valence-electron chi connectivity index (χ2n) is 5.09. The highest BCUT2D eigenvalue weighted by Gasteiger charge is 2.11. The first-order valence-corrected chi connectivity index (χ1v) is 7.23. The summed E-state index contributed by atoms with van der Waals surface area (Å²) in [4.78, 5) is 16.6. The monoisotopic (exact) mass is 315 g/mol. The van der Waals surface area contributed by atoms with Crippen molar-refractivity contribution < 1.29 is 9.90 Å². The van der Waals surface area contributed by atoms with Gasteiger partial charge in [-0.3, -0.25) is 9.78 Å². The number of hydrogen-bond acceptors (Lipinski definition) is 4. The number of fused-ring (bicyclic) bond motifs is 1. The van der Waals surface area contributed by atoms with Crippen molar-refractivity contribution in [2.75, 3.05) is 5.32 Å².